The monoisotopic (exact) mass is 477 g/mol. The van der Waals surface area contributed by atoms with E-state index in [9.17, 15) is 4.79 Å². The smallest absolute Gasteiger partial charge is 0.283 e. The van der Waals surface area contributed by atoms with Gasteiger partial charge in [0.15, 0.2) is 5.69 Å². The third kappa shape index (κ3) is 4.20. The van der Waals surface area contributed by atoms with Crippen LogP contribution in [0.25, 0.3) is 16.3 Å². The third-order valence-corrected chi connectivity index (χ3v) is 7.89. The molecule has 4 aromatic rings. The predicted octanol–water partition coefficient (Wildman–Crippen LogP) is 5.72. The maximum atomic E-state index is 13.4. The summed E-state index contributed by atoms with van der Waals surface area (Å²) in [5.74, 6) is 0.650. The van der Waals surface area contributed by atoms with Gasteiger partial charge in [-0.05, 0) is 62.1 Å². The molecular weight excluding hydrogens is 450 g/mol. The Hall–Kier alpha value is -2.97. The summed E-state index contributed by atoms with van der Waals surface area (Å²) in [5.41, 5.74) is 4.20. The Morgan fingerprint density at radius 2 is 1.91 bits per heavy atom. The molecule has 33 heavy (non-hydrogen) atoms. The molecule has 0 radical (unpaired) electrons. The van der Waals surface area contributed by atoms with Gasteiger partial charge in [0.25, 0.3) is 5.56 Å². The Bertz CT molecular complexity index is 1420. The first-order valence-corrected chi connectivity index (χ1v) is 13.0. The number of para-hydroxylation sites is 1. The molecule has 6 nitrogen and oxygen atoms in total. The van der Waals surface area contributed by atoms with Gasteiger partial charge in [0.2, 0.25) is 4.80 Å². The molecule has 1 saturated carbocycles. The van der Waals surface area contributed by atoms with Gasteiger partial charge < -0.3 is 0 Å². The average Bonchev–Trinajstić information content (AvgIpc) is 3.52. The van der Waals surface area contributed by atoms with Crippen molar-refractivity contribution < 1.29 is 0 Å². The first-order valence-electron chi connectivity index (χ1n) is 11.2. The van der Waals surface area contributed by atoms with E-state index in [-0.39, 0.29) is 5.56 Å². The van der Waals surface area contributed by atoms with Crippen LogP contribution in [0.3, 0.4) is 0 Å². The molecule has 1 fully saturated rings. The van der Waals surface area contributed by atoms with Gasteiger partial charge in [-0.1, -0.05) is 31.2 Å². The highest BCUT2D eigenvalue weighted by Gasteiger charge is 2.19. The minimum Gasteiger partial charge on any atom is -0.283 e. The number of rotatable bonds is 4. The van der Waals surface area contributed by atoms with Gasteiger partial charge in [-0.2, -0.15) is 5.10 Å². The molecule has 0 amide bonds. The van der Waals surface area contributed by atoms with Crippen LogP contribution in [0.5, 0.6) is 0 Å². The molecule has 0 bridgehead atoms. The second-order valence-electron chi connectivity index (χ2n) is 8.58. The summed E-state index contributed by atoms with van der Waals surface area (Å²) in [7, 11) is 1.89. The van der Waals surface area contributed by atoms with Crippen molar-refractivity contribution in [2.75, 3.05) is 0 Å². The Morgan fingerprint density at radius 3 is 2.64 bits per heavy atom. The fourth-order valence-electron chi connectivity index (χ4n) is 4.34. The highest BCUT2D eigenvalue weighted by atomic mass is 32.1. The van der Waals surface area contributed by atoms with Crippen molar-refractivity contribution in [1.82, 2.24) is 14.0 Å². The highest BCUT2D eigenvalue weighted by Crippen LogP contribution is 2.27. The molecule has 5 rings (SSSR count). The summed E-state index contributed by atoms with van der Waals surface area (Å²) in [6, 6.07) is 13.8. The van der Waals surface area contributed by atoms with E-state index in [1.807, 2.05) is 53.7 Å². The van der Waals surface area contributed by atoms with Crippen LogP contribution in [-0.2, 0) is 7.05 Å². The quantitative estimate of drug-likeness (QED) is 0.371. The molecule has 8 heteroatoms. The van der Waals surface area contributed by atoms with Crippen molar-refractivity contribution in [1.29, 1.82) is 0 Å². The fourth-order valence-corrected chi connectivity index (χ4v) is 5.97. The molecule has 1 unspecified atom stereocenters. The van der Waals surface area contributed by atoms with Crippen molar-refractivity contribution in [2.24, 2.45) is 23.1 Å². The van der Waals surface area contributed by atoms with Crippen LogP contribution in [0.15, 0.2) is 68.1 Å². The lowest BCUT2D eigenvalue weighted by atomic mass is 9.89. The van der Waals surface area contributed by atoms with Crippen molar-refractivity contribution in [2.45, 2.75) is 39.5 Å². The Morgan fingerprint density at radius 1 is 1.09 bits per heavy atom. The van der Waals surface area contributed by atoms with Gasteiger partial charge in [0.05, 0.1) is 22.0 Å². The minimum atomic E-state index is -0.127. The Labute approximate surface area is 200 Å². The zero-order valence-corrected chi connectivity index (χ0v) is 20.7. The number of benzene rings is 1. The summed E-state index contributed by atoms with van der Waals surface area (Å²) < 4.78 is 5.48. The summed E-state index contributed by atoms with van der Waals surface area (Å²) in [5, 5.41) is 9.23. The third-order valence-electron chi connectivity index (χ3n) is 6.18. The number of hydrogen-bond acceptors (Lipinski definition) is 5. The largest absolute Gasteiger partial charge is 0.297 e. The second kappa shape index (κ2) is 9.11. The number of aromatic nitrogens is 3. The maximum absolute atomic E-state index is 13.4. The summed E-state index contributed by atoms with van der Waals surface area (Å²) >= 11 is 3.21. The van der Waals surface area contributed by atoms with Crippen molar-refractivity contribution in [3.63, 3.8) is 0 Å². The number of nitrogens with zero attached hydrogens (tertiary/aromatic N) is 5. The van der Waals surface area contributed by atoms with E-state index in [0.29, 0.717) is 11.6 Å². The van der Waals surface area contributed by atoms with Crippen molar-refractivity contribution in [3.8, 4) is 16.3 Å². The van der Waals surface area contributed by atoms with Crippen LogP contribution in [0, 0.1) is 12.8 Å². The molecule has 1 aliphatic carbocycles. The zero-order valence-electron chi connectivity index (χ0n) is 19.1. The molecule has 170 valence electrons. The number of thiazole rings is 1. The second-order valence-corrected chi connectivity index (χ2v) is 10.4. The minimum absolute atomic E-state index is 0.127. The normalized spacial score (nSPS) is 18.3. The van der Waals surface area contributed by atoms with Crippen LogP contribution in [0.4, 0.5) is 5.69 Å². The van der Waals surface area contributed by atoms with Crippen molar-refractivity contribution >= 4 is 34.1 Å². The van der Waals surface area contributed by atoms with Gasteiger partial charge in [0.1, 0.15) is 0 Å². The lowest BCUT2D eigenvalue weighted by molar-refractivity contribution is 0.497. The van der Waals surface area contributed by atoms with Gasteiger partial charge >= 0.3 is 0 Å². The average molecular weight is 478 g/mol. The standard InChI is InChI=1S/C25H27N5OS2/c1-17-9-7-10-19(15-17)27-29-21(22-13-8-14-32-22)16-33-25(29)26-23-18(2)28(3)30(24(23)31)20-11-5-4-6-12-20/h4-6,8,11-14,16-17H,7,9-10,15H2,1-3H3. The molecule has 0 aliphatic heterocycles. The highest BCUT2D eigenvalue weighted by molar-refractivity contribution is 7.14. The Kier molecular flexibility index (Phi) is 6.03. The van der Waals surface area contributed by atoms with E-state index in [1.54, 1.807) is 16.0 Å². The maximum Gasteiger partial charge on any atom is 0.297 e. The van der Waals surface area contributed by atoms with E-state index in [2.05, 4.69) is 29.8 Å². The van der Waals surface area contributed by atoms with Crippen LogP contribution in [0.2, 0.25) is 0 Å². The predicted molar refractivity (Wildman–Crippen MR) is 137 cm³/mol. The first kappa shape index (κ1) is 21.9. The van der Waals surface area contributed by atoms with E-state index in [4.69, 9.17) is 10.1 Å². The van der Waals surface area contributed by atoms with E-state index in [1.165, 1.54) is 29.9 Å². The Balaban J connectivity index is 1.69. The lowest BCUT2D eigenvalue weighted by Crippen LogP contribution is -2.20. The molecule has 3 heterocycles. The molecular formula is C25H27N5OS2. The first-order chi connectivity index (χ1) is 16.0. The van der Waals surface area contributed by atoms with E-state index < -0.39 is 0 Å². The lowest BCUT2D eigenvalue weighted by Gasteiger charge is -2.19. The van der Waals surface area contributed by atoms with E-state index >= 15 is 0 Å². The van der Waals surface area contributed by atoms with Crippen LogP contribution in [0.1, 0.15) is 38.3 Å². The van der Waals surface area contributed by atoms with Gasteiger partial charge in [-0.3, -0.25) is 9.48 Å². The summed E-state index contributed by atoms with van der Waals surface area (Å²) in [4.78, 5) is 20.2. The fraction of sp³-hybridized carbons (Fsp3) is 0.320. The number of hydrogen-bond donors (Lipinski definition) is 0. The molecule has 1 aromatic carbocycles. The molecule has 0 spiro atoms. The van der Waals surface area contributed by atoms with Crippen LogP contribution >= 0.6 is 22.7 Å². The van der Waals surface area contributed by atoms with Gasteiger partial charge in [0, 0.05) is 18.1 Å². The SMILES string of the molecule is Cc1c(N=c2scc(-c3cccs3)n2N=C2CCCC(C)C2)c(=O)n(-c2ccccc2)n1C. The number of thiophene rings is 1. The topological polar surface area (TPSA) is 56.6 Å². The molecule has 1 atom stereocenters. The van der Waals surface area contributed by atoms with Crippen molar-refractivity contribution in [3.05, 3.63) is 74.1 Å². The molecule has 3 aromatic heterocycles. The van der Waals surface area contributed by atoms with Crippen LogP contribution < -0.4 is 10.4 Å². The van der Waals surface area contributed by atoms with Crippen LogP contribution in [-0.4, -0.2) is 19.8 Å². The van der Waals surface area contributed by atoms with Gasteiger partial charge in [-0.25, -0.2) is 14.4 Å². The summed E-state index contributed by atoms with van der Waals surface area (Å²) in [6.07, 6.45) is 4.45. The van der Waals surface area contributed by atoms with Gasteiger partial charge in [-0.15, -0.1) is 22.7 Å². The molecule has 0 saturated heterocycles. The van der Waals surface area contributed by atoms with E-state index in [0.717, 1.165) is 39.6 Å². The molecule has 0 N–H and O–H groups in total. The zero-order chi connectivity index (χ0) is 22.9. The summed E-state index contributed by atoms with van der Waals surface area (Å²) in [6.45, 7) is 4.23. The molecule has 1 aliphatic rings.